The second kappa shape index (κ2) is 7.72. The van der Waals surface area contributed by atoms with Gasteiger partial charge in [0.1, 0.15) is 0 Å². The molecular formula is C31H52O3. The summed E-state index contributed by atoms with van der Waals surface area (Å²) < 4.78 is 6.03. The smallest absolute Gasteiger partial charge is 0.309 e. The van der Waals surface area contributed by atoms with Crippen LogP contribution in [0.3, 0.4) is 0 Å². The third-order valence-corrected chi connectivity index (χ3v) is 14.3. The first-order valence-corrected chi connectivity index (χ1v) is 14.6. The molecule has 194 valence electrons. The Hall–Kier alpha value is -0.570. The van der Waals surface area contributed by atoms with Gasteiger partial charge in [0.2, 0.25) is 0 Å². The molecule has 0 radical (unpaired) electrons. The van der Waals surface area contributed by atoms with Gasteiger partial charge in [-0.15, -0.1) is 0 Å². The number of fused-ring (bicyclic) bond motifs is 7. The molecule has 0 saturated heterocycles. The SMILES string of the molecule is COC1CCC2(C)C(CCC3(C)C2CCC2C4C(C)C(C)CCC4(C(=O)O)CCC23C)C1(C)C. The van der Waals surface area contributed by atoms with Crippen LogP contribution in [-0.4, -0.2) is 24.3 Å². The van der Waals surface area contributed by atoms with E-state index in [9.17, 15) is 9.90 Å². The molecule has 0 amide bonds. The van der Waals surface area contributed by atoms with Crippen molar-refractivity contribution in [2.45, 2.75) is 119 Å². The molecule has 11 atom stereocenters. The molecule has 5 saturated carbocycles. The zero-order valence-electron chi connectivity index (χ0n) is 23.4. The molecule has 0 aliphatic heterocycles. The van der Waals surface area contributed by atoms with Gasteiger partial charge in [-0.1, -0.05) is 48.5 Å². The Bertz CT molecular complexity index is 835. The van der Waals surface area contributed by atoms with Gasteiger partial charge in [-0.3, -0.25) is 4.79 Å². The fourth-order valence-corrected chi connectivity index (χ4v) is 12.1. The molecule has 5 aliphatic rings. The fraction of sp³-hybridized carbons (Fsp3) is 0.968. The van der Waals surface area contributed by atoms with Crippen molar-refractivity contribution >= 4 is 5.97 Å². The van der Waals surface area contributed by atoms with Crippen LogP contribution in [0.4, 0.5) is 0 Å². The molecular weight excluding hydrogens is 420 g/mol. The monoisotopic (exact) mass is 472 g/mol. The van der Waals surface area contributed by atoms with Crippen molar-refractivity contribution in [3.05, 3.63) is 0 Å². The van der Waals surface area contributed by atoms with Gasteiger partial charge in [-0.25, -0.2) is 0 Å². The molecule has 3 nitrogen and oxygen atoms in total. The predicted octanol–water partition coefficient (Wildman–Crippen LogP) is 7.82. The zero-order valence-corrected chi connectivity index (χ0v) is 23.4. The molecule has 3 heteroatoms. The Morgan fingerprint density at radius 1 is 0.794 bits per heavy atom. The number of hydrogen-bond acceptors (Lipinski definition) is 2. The highest BCUT2D eigenvalue weighted by molar-refractivity contribution is 5.75. The summed E-state index contributed by atoms with van der Waals surface area (Å²) in [6, 6.07) is 0. The lowest BCUT2D eigenvalue weighted by molar-refractivity contribution is -0.259. The van der Waals surface area contributed by atoms with Crippen LogP contribution in [0.1, 0.15) is 113 Å². The molecule has 0 bridgehead atoms. The largest absolute Gasteiger partial charge is 0.481 e. The van der Waals surface area contributed by atoms with Crippen LogP contribution in [0.15, 0.2) is 0 Å². The number of ether oxygens (including phenoxy) is 1. The van der Waals surface area contributed by atoms with Crippen LogP contribution in [0.2, 0.25) is 0 Å². The van der Waals surface area contributed by atoms with Crippen molar-refractivity contribution in [1.29, 1.82) is 0 Å². The normalized spacial score (nSPS) is 56.4. The molecule has 11 unspecified atom stereocenters. The van der Waals surface area contributed by atoms with Crippen LogP contribution < -0.4 is 0 Å². The average Bonchev–Trinajstić information content (AvgIpc) is 2.76. The lowest BCUT2D eigenvalue weighted by Gasteiger charge is -2.73. The Morgan fingerprint density at radius 2 is 1.50 bits per heavy atom. The summed E-state index contributed by atoms with van der Waals surface area (Å²) in [5.41, 5.74) is 0.674. The summed E-state index contributed by atoms with van der Waals surface area (Å²) in [5.74, 6) is 3.02. The fourth-order valence-electron chi connectivity index (χ4n) is 12.1. The summed E-state index contributed by atoms with van der Waals surface area (Å²) >= 11 is 0. The maximum Gasteiger partial charge on any atom is 0.309 e. The zero-order chi connectivity index (χ0) is 24.9. The van der Waals surface area contributed by atoms with Gasteiger partial charge in [-0.2, -0.15) is 0 Å². The topological polar surface area (TPSA) is 46.5 Å². The van der Waals surface area contributed by atoms with Gasteiger partial charge in [0.15, 0.2) is 0 Å². The summed E-state index contributed by atoms with van der Waals surface area (Å²) in [6.45, 7) is 17.7. The molecule has 0 aromatic heterocycles. The standard InChI is InChI=1S/C31H52O3/c1-19-11-16-31(26(32)33)18-17-29(6)21(25(31)20(19)2)9-10-23-28(5)14-13-24(34-8)27(3,4)22(28)12-15-30(23,29)7/h19-25H,9-18H2,1-8H3,(H,32,33). The van der Waals surface area contributed by atoms with Gasteiger partial charge in [0.25, 0.3) is 0 Å². The van der Waals surface area contributed by atoms with Crippen LogP contribution in [-0.2, 0) is 9.53 Å². The van der Waals surface area contributed by atoms with E-state index in [1.165, 1.54) is 38.5 Å². The van der Waals surface area contributed by atoms with E-state index >= 15 is 0 Å². The van der Waals surface area contributed by atoms with Gasteiger partial charge < -0.3 is 9.84 Å². The van der Waals surface area contributed by atoms with E-state index in [0.717, 1.165) is 31.6 Å². The number of aliphatic carboxylic acids is 1. The molecule has 5 aliphatic carbocycles. The number of rotatable bonds is 2. The first kappa shape index (κ1) is 25.1. The second-order valence-electron chi connectivity index (χ2n) is 15.1. The van der Waals surface area contributed by atoms with Crippen molar-refractivity contribution in [1.82, 2.24) is 0 Å². The van der Waals surface area contributed by atoms with E-state index in [0.29, 0.717) is 46.5 Å². The van der Waals surface area contributed by atoms with Crippen molar-refractivity contribution in [3.8, 4) is 0 Å². The molecule has 1 N–H and O–H groups in total. The van der Waals surface area contributed by atoms with E-state index in [1.807, 2.05) is 7.11 Å². The minimum atomic E-state index is -0.485. The van der Waals surface area contributed by atoms with Crippen LogP contribution in [0.25, 0.3) is 0 Å². The van der Waals surface area contributed by atoms with Gasteiger partial charge in [-0.05, 0) is 121 Å². The number of methoxy groups -OCH3 is 1. The summed E-state index contributed by atoms with van der Waals surface area (Å²) in [7, 11) is 1.91. The Labute approximate surface area is 209 Å². The highest BCUT2D eigenvalue weighted by atomic mass is 16.5. The third-order valence-electron chi connectivity index (χ3n) is 14.3. The van der Waals surface area contributed by atoms with Gasteiger partial charge in [0.05, 0.1) is 11.5 Å². The van der Waals surface area contributed by atoms with E-state index in [2.05, 4.69) is 48.5 Å². The number of carboxylic acid groups (broad SMARTS) is 1. The highest BCUT2D eigenvalue weighted by Gasteiger charge is 2.71. The number of hydrogen-bond donors (Lipinski definition) is 1. The molecule has 0 spiro atoms. The lowest BCUT2D eigenvalue weighted by Crippen LogP contribution is -2.68. The highest BCUT2D eigenvalue weighted by Crippen LogP contribution is 2.77. The summed E-state index contributed by atoms with van der Waals surface area (Å²) in [5, 5.41) is 10.6. The van der Waals surface area contributed by atoms with E-state index in [1.54, 1.807) is 0 Å². The number of carbonyl (C=O) groups is 1. The molecule has 5 rings (SSSR count). The molecule has 0 heterocycles. The molecule has 0 aromatic carbocycles. The Morgan fingerprint density at radius 3 is 2.15 bits per heavy atom. The maximum absolute atomic E-state index is 12.9. The lowest BCUT2D eigenvalue weighted by atomic mass is 9.31. The van der Waals surface area contributed by atoms with Crippen molar-refractivity contribution < 1.29 is 14.6 Å². The van der Waals surface area contributed by atoms with Crippen LogP contribution in [0, 0.1) is 62.6 Å². The number of carboxylic acids is 1. The van der Waals surface area contributed by atoms with E-state index in [4.69, 9.17) is 4.74 Å². The van der Waals surface area contributed by atoms with Crippen LogP contribution >= 0.6 is 0 Å². The average molecular weight is 473 g/mol. The van der Waals surface area contributed by atoms with Gasteiger partial charge in [0, 0.05) is 7.11 Å². The van der Waals surface area contributed by atoms with Gasteiger partial charge >= 0.3 is 5.97 Å². The van der Waals surface area contributed by atoms with E-state index in [-0.39, 0.29) is 10.8 Å². The minimum absolute atomic E-state index is 0.221. The van der Waals surface area contributed by atoms with Crippen molar-refractivity contribution in [2.75, 3.05) is 7.11 Å². The summed E-state index contributed by atoms with van der Waals surface area (Å²) in [6.07, 6.45) is 12.0. The van der Waals surface area contributed by atoms with E-state index < -0.39 is 11.4 Å². The first-order chi connectivity index (χ1) is 15.8. The molecule has 5 fully saturated rings. The van der Waals surface area contributed by atoms with Crippen LogP contribution in [0.5, 0.6) is 0 Å². The Balaban J connectivity index is 1.54. The van der Waals surface area contributed by atoms with Crippen molar-refractivity contribution in [3.63, 3.8) is 0 Å². The third kappa shape index (κ3) is 2.89. The predicted molar refractivity (Wildman–Crippen MR) is 137 cm³/mol. The summed E-state index contributed by atoms with van der Waals surface area (Å²) in [4.78, 5) is 12.9. The van der Waals surface area contributed by atoms with Crippen molar-refractivity contribution in [2.24, 2.45) is 62.6 Å². The first-order valence-electron chi connectivity index (χ1n) is 14.6. The second-order valence-corrected chi connectivity index (χ2v) is 15.1. The maximum atomic E-state index is 12.9. The molecule has 34 heavy (non-hydrogen) atoms. The quantitative estimate of drug-likeness (QED) is 0.445. The Kier molecular flexibility index (Phi) is 5.70. The molecule has 0 aromatic rings. The minimum Gasteiger partial charge on any atom is -0.481 e.